The Morgan fingerprint density at radius 1 is 1.33 bits per heavy atom. The Balaban J connectivity index is 2.37. The number of esters is 1. The molecule has 21 heavy (non-hydrogen) atoms. The molecule has 0 unspecified atom stereocenters. The van der Waals surface area contributed by atoms with Crippen LogP contribution in [-0.4, -0.2) is 17.6 Å². The first-order valence-corrected chi connectivity index (χ1v) is 7.65. The minimum absolute atomic E-state index is 0.144. The summed E-state index contributed by atoms with van der Waals surface area (Å²) in [6.07, 6.45) is 1.42. The van der Waals surface area contributed by atoms with Gasteiger partial charge in [0.05, 0.1) is 23.0 Å². The third-order valence-electron chi connectivity index (χ3n) is 2.47. The number of ether oxygens (including phenoxy) is 2. The van der Waals surface area contributed by atoms with Crippen LogP contribution in [0.4, 0.5) is 5.69 Å². The Morgan fingerprint density at radius 3 is 2.76 bits per heavy atom. The Bertz CT molecular complexity index is 677. The fourth-order valence-corrected chi connectivity index (χ4v) is 2.69. The molecule has 2 aromatic rings. The zero-order valence-corrected chi connectivity index (χ0v) is 14.3. The number of pyridine rings is 1. The van der Waals surface area contributed by atoms with Gasteiger partial charge >= 0.3 is 5.97 Å². The highest BCUT2D eigenvalue weighted by Gasteiger charge is 2.17. The molecule has 0 amide bonds. The molecule has 1 aromatic carbocycles. The number of rotatable bonds is 4. The number of carbonyl (C=O) groups is 1. The van der Waals surface area contributed by atoms with Crippen LogP contribution in [0.1, 0.15) is 17.3 Å². The minimum Gasteiger partial charge on any atom is -0.462 e. The Kier molecular flexibility index (Phi) is 5.19. The summed E-state index contributed by atoms with van der Waals surface area (Å²) in [7, 11) is 0. The molecule has 7 heteroatoms. The molecule has 1 heterocycles. The molecule has 0 spiro atoms. The van der Waals surface area contributed by atoms with E-state index >= 15 is 0 Å². The van der Waals surface area contributed by atoms with E-state index in [0.717, 1.165) is 8.95 Å². The van der Waals surface area contributed by atoms with Gasteiger partial charge in [-0.15, -0.1) is 0 Å². The first-order valence-electron chi connectivity index (χ1n) is 6.06. The summed E-state index contributed by atoms with van der Waals surface area (Å²) in [5, 5.41) is 0. The van der Waals surface area contributed by atoms with E-state index in [-0.39, 0.29) is 18.1 Å². The van der Waals surface area contributed by atoms with E-state index in [1.807, 2.05) is 12.1 Å². The van der Waals surface area contributed by atoms with E-state index in [9.17, 15) is 4.79 Å². The minimum atomic E-state index is -0.527. The summed E-state index contributed by atoms with van der Waals surface area (Å²) >= 11 is 6.75. The van der Waals surface area contributed by atoms with Crippen molar-refractivity contribution in [3.8, 4) is 11.6 Å². The normalized spacial score (nSPS) is 10.2. The van der Waals surface area contributed by atoms with Crippen LogP contribution in [-0.2, 0) is 4.74 Å². The maximum atomic E-state index is 11.9. The number of benzene rings is 1. The van der Waals surface area contributed by atoms with Gasteiger partial charge in [0.2, 0.25) is 5.88 Å². The standard InChI is InChI=1S/C14H12Br2N2O3/c1-2-20-14(19)10-6-9(17)7-18-13(10)21-12-4-3-8(15)5-11(12)16/h3-7H,2,17H2,1H3. The average Bonchev–Trinajstić information content (AvgIpc) is 2.43. The molecule has 0 atom stereocenters. The van der Waals surface area contributed by atoms with Crippen LogP contribution in [0, 0.1) is 0 Å². The van der Waals surface area contributed by atoms with Crippen molar-refractivity contribution in [2.24, 2.45) is 0 Å². The Morgan fingerprint density at radius 2 is 2.10 bits per heavy atom. The maximum absolute atomic E-state index is 11.9. The van der Waals surface area contributed by atoms with E-state index in [0.29, 0.717) is 11.4 Å². The predicted octanol–water partition coefficient (Wildman–Crippen LogP) is 4.16. The van der Waals surface area contributed by atoms with E-state index < -0.39 is 5.97 Å². The van der Waals surface area contributed by atoms with Crippen LogP contribution in [0.3, 0.4) is 0 Å². The van der Waals surface area contributed by atoms with Gasteiger partial charge in [-0.1, -0.05) is 15.9 Å². The van der Waals surface area contributed by atoms with Crippen molar-refractivity contribution in [1.29, 1.82) is 0 Å². The second-order valence-electron chi connectivity index (χ2n) is 4.02. The molecular formula is C14H12Br2N2O3. The summed E-state index contributed by atoms with van der Waals surface area (Å²) in [5.74, 6) is 0.146. The van der Waals surface area contributed by atoms with Gasteiger partial charge in [0.25, 0.3) is 0 Å². The van der Waals surface area contributed by atoms with Gasteiger partial charge in [-0.3, -0.25) is 0 Å². The molecule has 0 saturated carbocycles. The van der Waals surface area contributed by atoms with E-state index in [2.05, 4.69) is 36.8 Å². The number of carbonyl (C=O) groups excluding carboxylic acids is 1. The second-order valence-corrected chi connectivity index (χ2v) is 5.79. The quantitative estimate of drug-likeness (QED) is 0.759. The predicted molar refractivity (Wildman–Crippen MR) is 86.5 cm³/mol. The van der Waals surface area contributed by atoms with E-state index in [4.69, 9.17) is 15.2 Å². The number of hydrogen-bond donors (Lipinski definition) is 1. The number of nitrogen functional groups attached to an aromatic ring is 1. The molecule has 0 aliphatic heterocycles. The maximum Gasteiger partial charge on any atom is 0.343 e. The number of aromatic nitrogens is 1. The molecule has 2 rings (SSSR count). The fourth-order valence-electron chi connectivity index (χ4n) is 1.57. The molecule has 2 N–H and O–H groups in total. The van der Waals surface area contributed by atoms with Gasteiger partial charge in [-0.25, -0.2) is 9.78 Å². The summed E-state index contributed by atoms with van der Waals surface area (Å²) < 4.78 is 12.3. The molecule has 0 saturated heterocycles. The molecule has 0 aliphatic carbocycles. The highest BCUT2D eigenvalue weighted by molar-refractivity contribution is 9.11. The van der Waals surface area contributed by atoms with Crippen LogP contribution in [0.25, 0.3) is 0 Å². The zero-order chi connectivity index (χ0) is 15.4. The van der Waals surface area contributed by atoms with Crippen LogP contribution in [0.5, 0.6) is 11.6 Å². The number of anilines is 1. The number of halogens is 2. The number of hydrogen-bond acceptors (Lipinski definition) is 5. The van der Waals surface area contributed by atoms with Gasteiger partial charge in [0, 0.05) is 4.47 Å². The van der Waals surface area contributed by atoms with Crippen molar-refractivity contribution < 1.29 is 14.3 Å². The lowest BCUT2D eigenvalue weighted by Crippen LogP contribution is -2.08. The topological polar surface area (TPSA) is 74.4 Å². The van der Waals surface area contributed by atoms with E-state index in [1.165, 1.54) is 12.3 Å². The molecule has 0 bridgehead atoms. The first kappa shape index (κ1) is 15.8. The van der Waals surface area contributed by atoms with Crippen molar-refractivity contribution in [2.45, 2.75) is 6.92 Å². The van der Waals surface area contributed by atoms with Gasteiger partial charge in [0.1, 0.15) is 11.3 Å². The highest BCUT2D eigenvalue weighted by atomic mass is 79.9. The highest BCUT2D eigenvalue weighted by Crippen LogP contribution is 2.33. The first-order chi connectivity index (χ1) is 10.0. The molecule has 0 aliphatic rings. The van der Waals surface area contributed by atoms with Crippen molar-refractivity contribution in [2.75, 3.05) is 12.3 Å². The van der Waals surface area contributed by atoms with Gasteiger partial charge < -0.3 is 15.2 Å². The molecule has 5 nitrogen and oxygen atoms in total. The molecule has 0 radical (unpaired) electrons. The van der Waals surface area contributed by atoms with Crippen LogP contribution >= 0.6 is 31.9 Å². The third-order valence-corrected chi connectivity index (χ3v) is 3.58. The lowest BCUT2D eigenvalue weighted by atomic mass is 10.2. The SMILES string of the molecule is CCOC(=O)c1cc(N)cnc1Oc1ccc(Br)cc1Br. The summed E-state index contributed by atoms with van der Waals surface area (Å²) in [4.78, 5) is 16.0. The molecule has 110 valence electrons. The van der Waals surface area contributed by atoms with Crippen LogP contribution < -0.4 is 10.5 Å². The third kappa shape index (κ3) is 3.95. The van der Waals surface area contributed by atoms with Crippen molar-refractivity contribution in [3.63, 3.8) is 0 Å². The monoisotopic (exact) mass is 414 g/mol. The van der Waals surface area contributed by atoms with Crippen LogP contribution in [0.2, 0.25) is 0 Å². The number of nitrogens with two attached hydrogens (primary N) is 1. The summed E-state index contributed by atoms with van der Waals surface area (Å²) in [6, 6.07) is 6.88. The van der Waals surface area contributed by atoms with Crippen molar-refractivity contribution in [3.05, 3.63) is 45.0 Å². The molecule has 0 fully saturated rings. The van der Waals surface area contributed by atoms with E-state index in [1.54, 1.807) is 13.0 Å². The van der Waals surface area contributed by atoms with Crippen LogP contribution in [0.15, 0.2) is 39.4 Å². The second kappa shape index (κ2) is 6.91. The zero-order valence-electron chi connectivity index (χ0n) is 11.1. The van der Waals surface area contributed by atoms with Gasteiger partial charge in [-0.05, 0) is 47.1 Å². The molecule has 1 aromatic heterocycles. The van der Waals surface area contributed by atoms with Crippen molar-refractivity contribution in [1.82, 2.24) is 4.98 Å². The Hall–Kier alpha value is -1.60. The lowest BCUT2D eigenvalue weighted by Gasteiger charge is -2.11. The summed E-state index contributed by atoms with van der Waals surface area (Å²) in [5.41, 5.74) is 6.21. The largest absolute Gasteiger partial charge is 0.462 e. The summed E-state index contributed by atoms with van der Waals surface area (Å²) in [6.45, 7) is 1.98. The fraction of sp³-hybridized carbons (Fsp3) is 0.143. The average molecular weight is 416 g/mol. The lowest BCUT2D eigenvalue weighted by molar-refractivity contribution is 0.0523. The Labute approximate surface area is 138 Å². The van der Waals surface area contributed by atoms with Gasteiger partial charge in [-0.2, -0.15) is 0 Å². The van der Waals surface area contributed by atoms with Gasteiger partial charge in [0.15, 0.2) is 0 Å². The number of nitrogens with zero attached hydrogens (tertiary/aromatic N) is 1. The smallest absolute Gasteiger partial charge is 0.343 e. The molecular weight excluding hydrogens is 404 g/mol. The van der Waals surface area contributed by atoms with Crippen molar-refractivity contribution >= 4 is 43.5 Å².